The zero-order valence-electron chi connectivity index (χ0n) is 15.0. The molecule has 0 aliphatic heterocycles. The molecule has 1 amide bonds. The molecule has 0 spiro atoms. The Morgan fingerprint density at radius 3 is 2.33 bits per heavy atom. The van der Waals surface area contributed by atoms with Gasteiger partial charge in [0.2, 0.25) is 15.9 Å². The summed E-state index contributed by atoms with van der Waals surface area (Å²) in [5.41, 5.74) is 0.907. The summed E-state index contributed by atoms with van der Waals surface area (Å²) in [5.74, 6) is -0.749. The number of aryl methyl sites for hydroxylation is 1. The molecule has 1 N–H and O–H groups in total. The van der Waals surface area contributed by atoms with Gasteiger partial charge in [0.25, 0.3) is 0 Å². The zero-order chi connectivity index (χ0) is 20.4. The molecule has 2 rings (SSSR count). The molecular formula is C18H19F3N2O3S. The molecule has 0 radical (unpaired) electrons. The highest BCUT2D eigenvalue weighted by Gasteiger charge is 2.30. The number of nitrogens with one attached hydrogen (secondary N) is 1. The van der Waals surface area contributed by atoms with Gasteiger partial charge in [-0.05, 0) is 49.2 Å². The molecule has 0 saturated carbocycles. The standard InChI is InChI=1S/C18H19F3N2O3S/c1-12-6-4-9-16(13(12)2)23(27(3,25)26)11-17(24)22-15-8-5-7-14(10-15)18(19,20)21/h4-10H,11H2,1-3H3,(H,22,24). The number of amides is 1. The summed E-state index contributed by atoms with van der Waals surface area (Å²) in [6.07, 6.45) is -3.58. The van der Waals surface area contributed by atoms with Crippen molar-refractivity contribution in [2.24, 2.45) is 0 Å². The van der Waals surface area contributed by atoms with Crippen LogP contribution in [-0.4, -0.2) is 27.1 Å². The summed E-state index contributed by atoms with van der Waals surface area (Å²) in [4.78, 5) is 12.3. The van der Waals surface area contributed by atoms with Crippen LogP contribution in [-0.2, 0) is 21.0 Å². The Kier molecular flexibility index (Phi) is 5.84. The highest BCUT2D eigenvalue weighted by Crippen LogP contribution is 2.31. The molecule has 27 heavy (non-hydrogen) atoms. The smallest absolute Gasteiger partial charge is 0.325 e. The van der Waals surface area contributed by atoms with Gasteiger partial charge in [-0.1, -0.05) is 18.2 Å². The van der Waals surface area contributed by atoms with Crippen molar-refractivity contribution in [3.8, 4) is 0 Å². The van der Waals surface area contributed by atoms with E-state index < -0.39 is 34.2 Å². The normalized spacial score (nSPS) is 11.9. The monoisotopic (exact) mass is 400 g/mol. The molecular weight excluding hydrogens is 381 g/mol. The summed E-state index contributed by atoms with van der Waals surface area (Å²) in [7, 11) is -3.78. The van der Waals surface area contributed by atoms with Gasteiger partial charge in [0.1, 0.15) is 6.54 Å². The van der Waals surface area contributed by atoms with Crippen molar-refractivity contribution in [2.45, 2.75) is 20.0 Å². The van der Waals surface area contributed by atoms with Crippen LogP contribution in [0.2, 0.25) is 0 Å². The van der Waals surface area contributed by atoms with Crippen molar-refractivity contribution in [2.75, 3.05) is 22.4 Å². The molecule has 0 fully saturated rings. The number of anilines is 2. The van der Waals surface area contributed by atoms with E-state index in [9.17, 15) is 26.4 Å². The first-order valence-corrected chi connectivity index (χ1v) is 9.75. The number of alkyl halides is 3. The van der Waals surface area contributed by atoms with Gasteiger partial charge >= 0.3 is 6.18 Å². The van der Waals surface area contributed by atoms with Crippen molar-refractivity contribution in [3.63, 3.8) is 0 Å². The molecule has 0 aliphatic carbocycles. The molecule has 0 saturated heterocycles. The fourth-order valence-electron chi connectivity index (χ4n) is 2.49. The number of carbonyl (C=O) groups is 1. The first-order chi connectivity index (χ1) is 12.4. The average molecular weight is 400 g/mol. The molecule has 9 heteroatoms. The maximum absolute atomic E-state index is 12.8. The number of hydrogen-bond acceptors (Lipinski definition) is 3. The van der Waals surface area contributed by atoms with Crippen LogP contribution >= 0.6 is 0 Å². The topological polar surface area (TPSA) is 66.5 Å². The first-order valence-electron chi connectivity index (χ1n) is 7.90. The van der Waals surface area contributed by atoms with Crippen LogP contribution in [0.3, 0.4) is 0 Å². The summed E-state index contributed by atoms with van der Waals surface area (Å²) >= 11 is 0. The van der Waals surface area contributed by atoms with E-state index in [0.717, 1.165) is 34.3 Å². The summed E-state index contributed by atoms with van der Waals surface area (Å²) in [5, 5.41) is 2.32. The second kappa shape index (κ2) is 7.59. The van der Waals surface area contributed by atoms with Crippen LogP contribution in [0.15, 0.2) is 42.5 Å². The third-order valence-electron chi connectivity index (χ3n) is 4.01. The molecule has 0 bridgehead atoms. The number of sulfonamides is 1. The van der Waals surface area contributed by atoms with Crippen LogP contribution in [0.4, 0.5) is 24.5 Å². The minimum atomic E-state index is -4.54. The lowest BCUT2D eigenvalue weighted by Crippen LogP contribution is -2.38. The number of nitrogens with zero attached hydrogens (tertiary/aromatic N) is 1. The third kappa shape index (κ3) is 5.22. The van der Waals surface area contributed by atoms with Gasteiger partial charge in [-0.2, -0.15) is 13.2 Å². The Morgan fingerprint density at radius 2 is 1.74 bits per heavy atom. The minimum absolute atomic E-state index is 0.0655. The Labute approximate surface area is 155 Å². The molecule has 0 unspecified atom stereocenters. The molecule has 0 aromatic heterocycles. The van der Waals surface area contributed by atoms with Crippen molar-refractivity contribution >= 4 is 27.3 Å². The van der Waals surface area contributed by atoms with E-state index in [1.807, 2.05) is 13.0 Å². The summed E-state index contributed by atoms with van der Waals surface area (Å²) in [6, 6.07) is 9.19. The maximum atomic E-state index is 12.8. The number of carbonyl (C=O) groups excluding carboxylic acids is 1. The fraction of sp³-hybridized carbons (Fsp3) is 0.278. The molecule has 2 aromatic rings. The van der Waals surface area contributed by atoms with Crippen LogP contribution in [0.5, 0.6) is 0 Å². The second-order valence-corrected chi connectivity index (χ2v) is 8.02. The fourth-order valence-corrected chi connectivity index (χ4v) is 3.40. The summed E-state index contributed by atoms with van der Waals surface area (Å²) < 4.78 is 63.6. The third-order valence-corrected chi connectivity index (χ3v) is 5.13. The SMILES string of the molecule is Cc1cccc(N(CC(=O)Nc2cccc(C(F)(F)F)c2)S(C)(=O)=O)c1C. The Bertz CT molecular complexity index is 957. The van der Waals surface area contributed by atoms with E-state index in [1.54, 1.807) is 19.1 Å². The van der Waals surface area contributed by atoms with E-state index in [-0.39, 0.29) is 5.69 Å². The molecule has 0 heterocycles. The lowest BCUT2D eigenvalue weighted by molar-refractivity contribution is -0.137. The summed E-state index contributed by atoms with van der Waals surface area (Å²) in [6.45, 7) is 2.98. The van der Waals surface area contributed by atoms with Gasteiger partial charge in [-0.25, -0.2) is 8.42 Å². The number of rotatable bonds is 5. The van der Waals surface area contributed by atoms with E-state index in [0.29, 0.717) is 11.3 Å². The van der Waals surface area contributed by atoms with Gasteiger partial charge in [0, 0.05) is 5.69 Å². The molecule has 2 aromatic carbocycles. The van der Waals surface area contributed by atoms with Crippen LogP contribution in [0.25, 0.3) is 0 Å². The minimum Gasteiger partial charge on any atom is -0.325 e. The van der Waals surface area contributed by atoms with E-state index in [2.05, 4.69) is 5.32 Å². The van der Waals surface area contributed by atoms with E-state index in [4.69, 9.17) is 0 Å². The molecule has 146 valence electrons. The lowest BCUT2D eigenvalue weighted by atomic mass is 10.1. The van der Waals surface area contributed by atoms with Gasteiger partial charge in [-0.3, -0.25) is 9.10 Å². The average Bonchev–Trinajstić information content (AvgIpc) is 2.54. The largest absolute Gasteiger partial charge is 0.416 e. The maximum Gasteiger partial charge on any atom is 0.416 e. The second-order valence-electron chi connectivity index (χ2n) is 6.12. The predicted octanol–water partition coefficient (Wildman–Crippen LogP) is 3.73. The van der Waals surface area contributed by atoms with Gasteiger partial charge in [0.15, 0.2) is 0 Å². The predicted molar refractivity (Wildman–Crippen MR) is 98.2 cm³/mol. The van der Waals surface area contributed by atoms with Gasteiger partial charge in [0.05, 0.1) is 17.5 Å². The van der Waals surface area contributed by atoms with Crippen molar-refractivity contribution < 1.29 is 26.4 Å². The highest BCUT2D eigenvalue weighted by atomic mass is 32.2. The van der Waals surface area contributed by atoms with Crippen LogP contribution in [0.1, 0.15) is 16.7 Å². The quantitative estimate of drug-likeness (QED) is 0.832. The van der Waals surface area contributed by atoms with Crippen molar-refractivity contribution in [3.05, 3.63) is 59.2 Å². The Morgan fingerprint density at radius 1 is 1.11 bits per heavy atom. The van der Waals surface area contributed by atoms with Gasteiger partial charge < -0.3 is 5.32 Å². The number of hydrogen-bond donors (Lipinski definition) is 1. The highest BCUT2D eigenvalue weighted by molar-refractivity contribution is 7.92. The van der Waals surface area contributed by atoms with Gasteiger partial charge in [-0.15, -0.1) is 0 Å². The Hall–Kier alpha value is -2.55. The van der Waals surface area contributed by atoms with Crippen LogP contribution < -0.4 is 9.62 Å². The van der Waals surface area contributed by atoms with E-state index in [1.165, 1.54) is 6.07 Å². The number of benzene rings is 2. The van der Waals surface area contributed by atoms with Crippen molar-refractivity contribution in [1.29, 1.82) is 0 Å². The molecule has 5 nitrogen and oxygen atoms in total. The first kappa shape index (κ1) is 20.8. The lowest BCUT2D eigenvalue weighted by Gasteiger charge is -2.24. The van der Waals surface area contributed by atoms with Crippen LogP contribution in [0, 0.1) is 13.8 Å². The van der Waals surface area contributed by atoms with E-state index >= 15 is 0 Å². The molecule has 0 aliphatic rings. The zero-order valence-corrected chi connectivity index (χ0v) is 15.8. The number of halogens is 3. The molecule has 0 atom stereocenters. The Balaban J connectivity index is 2.27. The van der Waals surface area contributed by atoms with Crippen molar-refractivity contribution in [1.82, 2.24) is 0 Å².